The highest BCUT2D eigenvalue weighted by atomic mass is 32.1. The summed E-state index contributed by atoms with van der Waals surface area (Å²) in [5.74, 6) is -4.76. The normalized spacial score (nSPS) is 12.4. The van der Waals surface area contributed by atoms with Gasteiger partial charge in [0.2, 0.25) is 0 Å². The molecular formula is C28H29F3N2O4S. The maximum absolute atomic E-state index is 15.5. The number of carboxylic acids is 1. The van der Waals surface area contributed by atoms with Crippen LogP contribution in [-0.4, -0.2) is 28.6 Å². The zero-order valence-electron chi connectivity index (χ0n) is 21.3. The lowest BCUT2D eigenvalue weighted by atomic mass is 9.99. The first-order chi connectivity index (χ1) is 18.2. The number of hydrogen-bond acceptors (Lipinski definition) is 5. The smallest absolute Gasteiger partial charge is 0.331 e. The second kappa shape index (κ2) is 13.3. The monoisotopic (exact) mass is 546 g/mol. The highest BCUT2D eigenvalue weighted by Gasteiger charge is 2.21. The van der Waals surface area contributed by atoms with E-state index >= 15 is 4.39 Å². The van der Waals surface area contributed by atoms with Crippen molar-refractivity contribution in [1.29, 1.82) is 0 Å². The maximum Gasteiger partial charge on any atom is 0.331 e. The summed E-state index contributed by atoms with van der Waals surface area (Å²) in [5.41, 5.74) is -0.143. The van der Waals surface area contributed by atoms with Crippen LogP contribution in [0.2, 0.25) is 0 Å². The molecule has 0 saturated heterocycles. The molecule has 2 aromatic carbocycles. The third kappa shape index (κ3) is 7.08. The predicted molar refractivity (Wildman–Crippen MR) is 142 cm³/mol. The number of unbranched alkanes of at least 4 members (excludes halogenated alkanes) is 1. The number of amides is 1. The minimum absolute atomic E-state index is 0.117. The summed E-state index contributed by atoms with van der Waals surface area (Å²) in [4.78, 5) is 27.9. The van der Waals surface area contributed by atoms with E-state index in [-0.39, 0.29) is 27.9 Å². The van der Waals surface area contributed by atoms with Crippen molar-refractivity contribution < 1.29 is 32.6 Å². The first-order valence-corrected chi connectivity index (χ1v) is 13.1. The van der Waals surface area contributed by atoms with Crippen LogP contribution >= 0.6 is 11.3 Å². The molecule has 0 aliphatic heterocycles. The molecule has 1 atom stereocenters. The summed E-state index contributed by atoms with van der Waals surface area (Å²) in [7, 11) is 0. The summed E-state index contributed by atoms with van der Waals surface area (Å²) < 4.78 is 50.3. The van der Waals surface area contributed by atoms with Gasteiger partial charge in [-0.2, -0.15) is 0 Å². The van der Waals surface area contributed by atoms with Gasteiger partial charge in [0.1, 0.15) is 17.5 Å². The van der Waals surface area contributed by atoms with E-state index in [1.54, 1.807) is 23.6 Å². The third-order valence-electron chi connectivity index (χ3n) is 5.76. The number of carbonyl (C=O) groups is 2. The van der Waals surface area contributed by atoms with E-state index in [4.69, 9.17) is 9.84 Å². The zero-order valence-corrected chi connectivity index (χ0v) is 22.1. The van der Waals surface area contributed by atoms with Crippen LogP contribution in [0.25, 0.3) is 17.3 Å². The lowest BCUT2D eigenvalue weighted by Crippen LogP contribution is -2.13. The number of halogens is 3. The van der Waals surface area contributed by atoms with Gasteiger partial charge in [0.05, 0.1) is 11.8 Å². The van der Waals surface area contributed by atoms with E-state index in [9.17, 15) is 18.4 Å². The molecule has 3 rings (SSSR count). The summed E-state index contributed by atoms with van der Waals surface area (Å²) in [6.07, 6.45) is 3.82. The molecule has 0 spiro atoms. The fourth-order valence-electron chi connectivity index (χ4n) is 3.73. The lowest BCUT2D eigenvalue weighted by molar-refractivity contribution is -0.132. The molecule has 38 heavy (non-hydrogen) atoms. The molecule has 1 aromatic heterocycles. The number of benzene rings is 2. The minimum Gasteiger partial charge on any atom is -0.478 e. The summed E-state index contributed by atoms with van der Waals surface area (Å²) in [6, 6.07) is 6.64. The van der Waals surface area contributed by atoms with Gasteiger partial charge in [-0.1, -0.05) is 38.8 Å². The molecule has 0 aliphatic carbocycles. The average molecular weight is 547 g/mol. The quantitative estimate of drug-likeness (QED) is 0.228. The van der Waals surface area contributed by atoms with Crippen LogP contribution in [0, 0.1) is 17.5 Å². The van der Waals surface area contributed by atoms with E-state index in [1.807, 2.05) is 6.92 Å². The Morgan fingerprint density at radius 2 is 1.87 bits per heavy atom. The van der Waals surface area contributed by atoms with Gasteiger partial charge in [0.15, 0.2) is 5.13 Å². The molecule has 0 aliphatic rings. The number of anilines is 1. The second-order valence-corrected chi connectivity index (χ2v) is 9.55. The standard InChI is InChI=1S/C28H29F3N2O4S/c1-4-6-10-24(37-11-5-2)19-9-7-8-18(25(19)31)23-15-38-28(32-23)33-26(34)17-13-21(29)20(22(30)14-17)12-16(3)27(35)36/h7-9,12-15,24H,4-6,10-11H2,1-3H3,(H,35,36)(H,32,33,34)/b16-12+. The Hall–Kier alpha value is -3.50. The molecule has 1 amide bonds. The zero-order chi connectivity index (χ0) is 27.8. The Balaban J connectivity index is 1.82. The number of aliphatic carboxylic acids is 1. The van der Waals surface area contributed by atoms with Crippen molar-refractivity contribution in [3.8, 4) is 11.3 Å². The number of thiazole rings is 1. The van der Waals surface area contributed by atoms with Gasteiger partial charge < -0.3 is 9.84 Å². The Morgan fingerprint density at radius 1 is 1.16 bits per heavy atom. The first-order valence-electron chi connectivity index (χ1n) is 12.2. The van der Waals surface area contributed by atoms with Gasteiger partial charge in [-0.3, -0.25) is 10.1 Å². The molecule has 0 radical (unpaired) electrons. The highest BCUT2D eigenvalue weighted by Crippen LogP contribution is 2.33. The molecule has 10 heteroatoms. The van der Waals surface area contributed by atoms with Crippen molar-refractivity contribution >= 4 is 34.4 Å². The maximum atomic E-state index is 15.5. The van der Waals surface area contributed by atoms with Crippen LogP contribution < -0.4 is 5.32 Å². The van der Waals surface area contributed by atoms with Crippen LogP contribution in [0.3, 0.4) is 0 Å². The van der Waals surface area contributed by atoms with Gasteiger partial charge in [0.25, 0.3) is 5.91 Å². The molecule has 202 valence electrons. The van der Waals surface area contributed by atoms with E-state index in [0.717, 1.165) is 48.8 Å². The van der Waals surface area contributed by atoms with Crippen molar-refractivity contribution in [3.63, 3.8) is 0 Å². The topological polar surface area (TPSA) is 88.5 Å². The van der Waals surface area contributed by atoms with Crippen LogP contribution in [0.5, 0.6) is 0 Å². The number of rotatable bonds is 12. The van der Waals surface area contributed by atoms with Crippen molar-refractivity contribution in [1.82, 2.24) is 4.98 Å². The first kappa shape index (κ1) is 29.1. The molecule has 1 heterocycles. The lowest BCUT2D eigenvalue weighted by Gasteiger charge is -2.19. The summed E-state index contributed by atoms with van der Waals surface area (Å²) in [6.45, 7) is 5.76. The fraction of sp³-hybridized carbons (Fsp3) is 0.321. The Kier molecular flexibility index (Phi) is 10.2. The van der Waals surface area contributed by atoms with Crippen molar-refractivity contribution in [2.24, 2.45) is 0 Å². The predicted octanol–water partition coefficient (Wildman–Crippen LogP) is 7.63. The highest BCUT2D eigenvalue weighted by molar-refractivity contribution is 7.14. The van der Waals surface area contributed by atoms with Crippen molar-refractivity contribution in [2.45, 2.75) is 52.6 Å². The number of nitrogens with zero attached hydrogens (tertiary/aromatic N) is 1. The van der Waals surface area contributed by atoms with Gasteiger partial charge in [-0.25, -0.2) is 22.9 Å². The van der Waals surface area contributed by atoms with Crippen LogP contribution in [0.4, 0.5) is 18.3 Å². The van der Waals surface area contributed by atoms with Crippen molar-refractivity contribution in [2.75, 3.05) is 11.9 Å². The Labute approximate surface area is 223 Å². The van der Waals surface area contributed by atoms with Gasteiger partial charge in [-0.15, -0.1) is 11.3 Å². The fourth-order valence-corrected chi connectivity index (χ4v) is 4.44. The average Bonchev–Trinajstić information content (AvgIpc) is 3.34. The molecule has 0 fully saturated rings. The Bertz CT molecular complexity index is 1310. The number of ether oxygens (including phenoxy) is 1. The number of hydrogen-bond donors (Lipinski definition) is 2. The molecule has 1 unspecified atom stereocenters. The summed E-state index contributed by atoms with van der Waals surface area (Å²) >= 11 is 1.04. The van der Waals surface area contributed by atoms with E-state index in [2.05, 4.69) is 17.2 Å². The van der Waals surface area contributed by atoms with Gasteiger partial charge >= 0.3 is 5.97 Å². The third-order valence-corrected chi connectivity index (χ3v) is 6.52. The van der Waals surface area contributed by atoms with Gasteiger partial charge in [-0.05, 0) is 44.0 Å². The molecule has 0 bridgehead atoms. The van der Waals surface area contributed by atoms with Crippen LogP contribution in [0.1, 0.15) is 74.0 Å². The number of aromatic nitrogens is 1. The Morgan fingerprint density at radius 3 is 2.50 bits per heavy atom. The number of carboxylic acid groups (broad SMARTS) is 1. The second-order valence-electron chi connectivity index (χ2n) is 8.69. The molecule has 6 nitrogen and oxygen atoms in total. The van der Waals surface area contributed by atoms with Crippen LogP contribution in [0.15, 0.2) is 41.3 Å². The van der Waals surface area contributed by atoms with Crippen LogP contribution in [-0.2, 0) is 9.53 Å². The largest absolute Gasteiger partial charge is 0.478 e. The van der Waals surface area contributed by atoms with Gasteiger partial charge in [0, 0.05) is 39.8 Å². The van der Waals surface area contributed by atoms with E-state index in [0.29, 0.717) is 24.3 Å². The van der Waals surface area contributed by atoms with E-state index in [1.165, 1.54) is 6.92 Å². The molecule has 3 aromatic rings. The minimum atomic E-state index is -1.32. The summed E-state index contributed by atoms with van der Waals surface area (Å²) in [5, 5.41) is 13.1. The van der Waals surface area contributed by atoms with E-state index < -0.39 is 34.9 Å². The molecular weight excluding hydrogens is 517 g/mol. The molecule has 0 saturated carbocycles. The van der Waals surface area contributed by atoms with Crippen molar-refractivity contribution in [3.05, 3.63) is 75.4 Å². The SMILES string of the molecule is CCCCC(OCCC)c1cccc(-c2csc(NC(=O)c3cc(F)c(/C=C(\C)C(=O)O)c(F)c3)n2)c1F. The molecule has 2 N–H and O–H groups in total. The number of nitrogens with one attached hydrogen (secondary N) is 1. The number of carbonyl (C=O) groups excluding carboxylic acids is 1.